The zero-order valence-electron chi connectivity index (χ0n) is 7.73. The lowest BCUT2D eigenvalue weighted by Gasteiger charge is -2.35. The van der Waals surface area contributed by atoms with E-state index in [0.29, 0.717) is 0 Å². The molecule has 0 aliphatic carbocycles. The molecule has 1 saturated heterocycles. The van der Waals surface area contributed by atoms with Gasteiger partial charge in [-0.2, -0.15) is 0 Å². The summed E-state index contributed by atoms with van der Waals surface area (Å²) in [5, 5.41) is 12.4. The van der Waals surface area contributed by atoms with Crippen LogP contribution < -0.4 is 0 Å². The maximum Gasteiger partial charge on any atom is 0.0926 e. The van der Waals surface area contributed by atoms with Gasteiger partial charge in [-0.05, 0) is 6.42 Å². The van der Waals surface area contributed by atoms with E-state index < -0.39 is 0 Å². The lowest BCUT2D eigenvalue weighted by molar-refractivity contribution is -0.00346. The van der Waals surface area contributed by atoms with Crippen molar-refractivity contribution in [3.05, 3.63) is 16.1 Å². The summed E-state index contributed by atoms with van der Waals surface area (Å²) in [6.45, 7) is 4.63. The first kappa shape index (κ1) is 9.12. The number of aliphatic hydroxyl groups excluding tert-OH is 1. The minimum Gasteiger partial charge on any atom is -0.390 e. The quantitative estimate of drug-likeness (QED) is 0.783. The zero-order chi connectivity index (χ0) is 9.26. The van der Waals surface area contributed by atoms with Crippen LogP contribution in [0.2, 0.25) is 0 Å². The summed E-state index contributed by atoms with van der Waals surface area (Å²) in [5.74, 6) is 0. The molecule has 72 valence electrons. The van der Waals surface area contributed by atoms with Gasteiger partial charge in [0.05, 0.1) is 16.8 Å². The second kappa shape index (κ2) is 3.74. The van der Waals surface area contributed by atoms with Crippen LogP contribution in [0.3, 0.4) is 0 Å². The first-order valence-electron chi connectivity index (χ1n) is 4.61. The fraction of sp³-hybridized carbons (Fsp3) is 0.667. The number of aryl methyl sites for hydroxylation is 1. The Morgan fingerprint density at radius 2 is 2.46 bits per heavy atom. The average molecular weight is 198 g/mol. The van der Waals surface area contributed by atoms with Crippen molar-refractivity contribution in [2.24, 2.45) is 0 Å². The molecule has 0 bridgehead atoms. The number of hydrogen-bond acceptors (Lipinski definition) is 4. The third-order valence-electron chi connectivity index (χ3n) is 2.23. The molecule has 0 amide bonds. The first-order chi connectivity index (χ1) is 6.28. The Labute approximate surface area is 82.0 Å². The van der Waals surface area contributed by atoms with E-state index in [2.05, 4.69) is 22.2 Å². The van der Waals surface area contributed by atoms with Crippen LogP contribution in [0.1, 0.15) is 17.6 Å². The Bertz CT molecular complexity index is 281. The monoisotopic (exact) mass is 198 g/mol. The minimum absolute atomic E-state index is 0.107. The van der Waals surface area contributed by atoms with E-state index in [-0.39, 0.29) is 6.10 Å². The molecule has 2 heterocycles. The molecule has 0 aromatic carbocycles. The summed E-state index contributed by atoms with van der Waals surface area (Å²) in [4.78, 5) is 6.68. The Morgan fingerprint density at radius 1 is 1.69 bits per heavy atom. The van der Waals surface area contributed by atoms with E-state index in [1.807, 2.05) is 0 Å². The van der Waals surface area contributed by atoms with Gasteiger partial charge in [0, 0.05) is 25.0 Å². The number of aliphatic hydroxyl groups is 1. The van der Waals surface area contributed by atoms with Crippen LogP contribution in [0.5, 0.6) is 0 Å². The average Bonchev–Trinajstić information content (AvgIpc) is 2.50. The van der Waals surface area contributed by atoms with Crippen molar-refractivity contribution >= 4 is 11.3 Å². The van der Waals surface area contributed by atoms with E-state index in [1.54, 1.807) is 11.3 Å². The maximum atomic E-state index is 9.09. The van der Waals surface area contributed by atoms with Gasteiger partial charge in [-0.1, -0.05) is 6.92 Å². The molecule has 1 aromatic rings. The highest BCUT2D eigenvalue weighted by Gasteiger charge is 2.24. The molecule has 1 fully saturated rings. The molecule has 1 N–H and O–H groups in total. The lowest BCUT2D eigenvalue weighted by atomic mass is 10.1. The summed E-state index contributed by atoms with van der Waals surface area (Å²) in [6, 6.07) is 0. The highest BCUT2D eigenvalue weighted by Crippen LogP contribution is 2.15. The predicted molar refractivity (Wildman–Crippen MR) is 52.8 cm³/mol. The molecule has 4 heteroatoms. The number of β-amino-alcohol motifs (C(OH)–C–C–N with tert-alkyl or cyclic N) is 1. The molecule has 3 nitrogen and oxygen atoms in total. The Balaban J connectivity index is 1.87. The SMILES string of the molecule is CCc1nc(CN2CC(O)C2)cs1. The van der Waals surface area contributed by atoms with Gasteiger partial charge >= 0.3 is 0 Å². The number of aromatic nitrogens is 1. The third kappa shape index (κ3) is 2.07. The molecule has 2 rings (SSSR count). The van der Waals surface area contributed by atoms with Crippen molar-refractivity contribution in [1.82, 2.24) is 9.88 Å². The predicted octanol–water partition coefficient (Wildman–Crippen LogP) is 0.882. The lowest BCUT2D eigenvalue weighted by Crippen LogP contribution is -2.49. The standard InChI is InChI=1S/C9H14N2OS/c1-2-9-10-7(6-13-9)3-11-4-8(12)5-11/h6,8,12H,2-5H2,1H3. The van der Waals surface area contributed by atoms with E-state index in [0.717, 1.165) is 31.7 Å². The van der Waals surface area contributed by atoms with Gasteiger partial charge in [0.1, 0.15) is 0 Å². The zero-order valence-corrected chi connectivity index (χ0v) is 8.55. The van der Waals surface area contributed by atoms with E-state index >= 15 is 0 Å². The number of rotatable bonds is 3. The summed E-state index contributed by atoms with van der Waals surface area (Å²) in [5.41, 5.74) is 1.15. The molecule has 0 unspecified atom stereocenters. The molecular formula is C9H14N2OS. The van der Waals surface area contributed by atoms with Gasteiger partial charge in [0.25, 0.3) is 0 Å². The van der Waals surface area contributed by atoms with Crippen LogP contribution in [0.4, 0.5) is 0 Å². The van der Waals surface area contributed by atoms with Crippen molar-refractivity contribution in [2.45, 2.75) is 26.0 Å². The first-order valence-corrected chi connectivity index (χ1v) is 5.49. The molecule has 0 radical (unpaired) electrons. The topological polar surface area (TPSA) is 36.4 Å². The molecular weight excluding hydrogens is 184 g/mol. The highest BCUT2D eigenvalue weighted by molar-refractivity contribution is 7.09. The van der Waals surface area contributed by atoms with Gasteiger partial charge in [-0.15, -0.1) is 11.3 Å². The summed E-state index contributed by atoms with van der Waals surface area (Å²) in [7, 11) is 0. The minimum atomic E-state index is -0.107. The summed E-state index contributed by atoms with van der Waals surface area (Å²) < 4.78 is 0. The highest BCUT2D eigenvalue weighted by atomic mass is 32.1. The van der Waals surface area contributed by atoms with Crippen molar-refractivity contribution < 1.29 is 5.11 Å². The molecule has 1 aliphatic rings. The van der Waals surface area contributed by atoms with Crippen LogP contribution in [0, 0.1) is 0 Å². The van der Waals surface area contributed by atoms with Gasteiger partial charge in [-0.25, -0.2) is 4.98 Å². The van der Waals surface area contributed by atoms with Crippen LogP contribution in [-0.4, -0.2) is 34.2 Å². The number of nitrogens with zero attached hydrogens (tertiary/aromatic N) is 2. The van der Waals surface area contributed by atoms with Crippen molar-refractivity contribution in [3.8, 4) is 0 Å². The van der Waals surface area contributed by atoms with E-state index in [4.69, 9.17) is 5.11 Å². The fourth-order valence-electron chi connectivity index (χ4n) is 1.48. The van der Waals surface area contributed by atoms with Crippen LogP contribution in [0.25, 0.3) is 0 Å². The van der Waals surface area contributed by atoms with Crippen molar-refractivity contribution in [2.75, 3.05) is 13.1 Å². The van der Waals surface area contributed by atoms with Crippen LogP contribution in [-0.2, 0) is 13.0 Å². The third-order valence-corrected chi connectivity index (χ3v) is 3.27. The molecule has 0 saturated carbocycles. The summed E-state index contributed by atoms with van der Waals surface area (Å²) in [6.07, 6.45) is 0.914. The van der Waals surface area contributed by atoms with Crippen molar-refractivity contribution in [3.63, 3.8) is 0 Å². The smallest absolute Gasteiger partial charge is 0.0926 e. The molecule has 0 atom stereocenters. The van der Waals surface area contributed by atoms with Gasteiger partial charge in [0.15, 0.2) is 0 Å². The van der Waals surface area contributed by atoms with E-state index in [9.17, 15) is 0 Å². The largest absolute Gasteiger partial charge is 0.390 e. The second-order valence-corrected chi connectivity index (χ2v) is 4.38. The maximum absolute atomic E-state index is 9.09. The fourth-order valence-corrected chi connectivity index (χ4v) is 2.22. The number of likely N-dealkylation sites (tertiary alicyclic amines) is 1. The van der Waals surface area contributed by atoms with Crippen molar-refractivity contribution in [1.29, 1.82) is 0 Å². The second-order valence-electron chi connectivity index (χ2n) is 3.43. The molecule has 1 aliphatic heterocycles. The molecule has 13 heavy (non-hydrogen) atoms. The number of thiazole rings is 1. The Kier molecular flexibility index (Phi) is 2.62. The van der Waals surface area contributed by atoms with Crippen LogP contribution >= 0.6 is 11.3 Å². The van der Waals surface area contributed by atoms with Gasteiger partial charge < -0.3 is 5.11 Å². The van der Waals surface area contributed by atoms with Gasteiger partial charge in [-0.3, -0.25) is 4.90 Å². The van der Waals surface area contributed by atoms with E-state index in [1.165, 1.54) is 5.01 Å². The normalized spacial score (nSPS) is 18.9. The van der Waals surface area contributed by atoms with Gasteiger partial charge in [0.2, 0.25) is 0 Å². The Morgan fingerprint density at radius 3 is 3.00 bits per heavy atom. The summed E-state index contributed by atoms with van der Waals surface area (Å²) >= 11 is 1.73. The molecule has 0 spiro atoms. The molecule has 1 aromatic heterocycles. The Hall–Kier alpha value is -0.450. The number of hydrogen-bond donors (Lipinski definition) is 1. The van der Waals surface area contributed by atoms with Crippen LogP contribution in [0.15, 0.2) is 5.38 Å².